The quantitative estimate of drug-likeness (QED) is 0.773. The second-order valence-electron chi connectivity index (χ2n) is 4.03. The van der Waals surface area contributed by atoms with Crippen LogP contribution in [0.25, 0.3) is 0 Å². The SMILES string of the molecule is O=C1C2=C(C=CC1SOCl)Sc1ccccc1C2. The van der Waals surface area contributed by atoms with Gasteiger partial charge in [0.05, 0.1) is 11.9 Å². The van der Waals surface area contributed by atoms with Gasteiger partial charge in [-0.3, -0.25) is 4.79 Å². The van der Waals surface area contributed by atoms with Crippen molar-refractivity contribution in [3.8, 4) is 0 Å². The van der Waals surface area contributed by atoms with Crippen molar-refractivity contribution in [1.29, 1.82) is 0 Å². The van der Waals surface area contributed by atoms with Crippen LogP contribution in [0.3, 0.4) is 0 Å². The van der Waals surface area contributed by atoms with Crippen molar-refractivity contribution in [2.75, 3.05) is 0 Å². The van der Waals surface area contributed by atoms with E-state index in [1.807, 2.05) is 24.3 Å². The first-order chi connectivity index (χ1) is 8.79. The van der Waals surface area contributed by atoms with E-state index in [9.17, 15) is 4.79 Å². The van der Waals surface area contributed by atoms with E-state index in [-0.39, 0.29) is 11.0 Å². The number of fused-ring (bicyclic) bond motifs is 1. The Labute approximate surface area is 119 Å². The van der Waals surface area contributed by atoms with Gasteiger partial charge in [-0.2, -0.15) is 0 Å². The summed E-state index contributed by atoms with van der Waals surface area (Å²) in [6.07, 6.45) is 4.53. The Balaban J connectivity index is 1.93. The smallest absolute Gasteiger partial charge is 0.179 e. The molecule has 92 valence electrons. The topological polar surface area (TPSA) is 26.3 Å². The van der Waals surface area contributed by atoms with E-state index in [0.29, 0.717) is 6.42 Å². The molecule has 1 aromatic rings. The Morgan fingerprint density at radius 2 is 2.22 bits per heavy atom. The average Bonchev–Trinajstić information content (AvgIpc) is 2.41. The van der Waals surface area contributed by atoms with Crippen molar-refractivity contribution < 1.29 is 8.53 Å². The lowest BCUT2D eigenvalue weighted by Gasteiger charge is -2.24. The molecule has 3 rings (SSSR count). The van der Waals surface area contributed by atoms with E-state index in [1.54, 1.807) is 11.8 Å². The van der Waals surface area contributed by atoms with Crippen LogP contribution in [0.2, 0.25) is 0 Å². The van der Waals surface area contributed by atoms with E-state index >= 15 is 0 Å². The molecule has 0 N–H and O–H groups in total. The minimum Gasteiger partial charge on any atom is -0.293 e. The maximum Gasteiger partial charge on any atom is 0.179 e. The number of hydrogen-bond donors (Lipinski definition) is 0. The molecule has 1 unspecified atom stereocenters. The lowest BCUT2D eigenvalue weighted by Crippen LogP contribution is -2.23. The molecule has 0 bridgehead atoms. The van der Waals surface area contributed by atoms with Crippen LogP contribution < -0.4 is 0 Å². The van der Waals surface area contributed by atoms with Gasteiger partial charge in [-0.05, 0) is 11.6 Å². The Kier molecular flexibility index (Phi) is 3.52. The van der Waals surface area contributed by atoms with Crippen LogP contribution in [0.15, 0.2) is 51.8 Å². The van der Waals surface area contributed by atoms with Crippen LogP contribution in [-0.4, -0.2) is 11.0 Å². The van der Waals surface area contributed by atoms with E-state index in [1.165, 1.54) is 10.5 Å². The van der Waals surface area contributed by atoms with Crippen molar-refractivity contribution in [2.24, 2.45) is 0 Å². The van der Waals surface area contributed by atoms with Gasteiger partial charge in [-0.1, -0.05) is 42.1 Å². The Morgan fingerprint density at radius 1 is 1.39 bits per heavy atom. The molecule has 0 spiro atoms. The van der Waals surface area contributed by atoms with Gasteiger partial charge < -0.3 is 0 Å². The molecule has 18 heavy (non-hydrogen) atoms. The van der Waals surface area contributed by atoms with Gasteiger partial charge in [-0.25, -0.2) is 3.74 Å². The standard InChI is InChI=1S/C13H9ClO2S2/c14-16-18-12-6-5-11-9(13(12)15)7-8-3-1-2-4-10(8)17-11/h1-6,12H,7H2. The van der Waals surface area contributed by atoms with Gasteiger partial charge in [0, 0.05) is 33.8 Å². The highest BCUT2D eigenvalue weighted by Gasteiger charge is 2.30. The van der Waals surface area contributed by atoms with Crippen LogP contribution >= 0.6 is 35.7 Å². The minimum atomic E-state index is -0.327. The van der Waals surface area contributed by atoms with Gasteiger partial charge in [0.1, 0.15) is 5.25 Å². The minimum absolute atomic E-state index is 0.0974. The fourth-order valence-electron chi connectivity index (χ4n) is 2.10. The molecule has 0 radical (unpaired) electrons. The van der Waals surface area contributed by atoms with Crippen LogP contribution in [0.4, 0.5) is 0 Å². The summed E-state index contributed by atoms with van der Waals surface area (Å²) in [5, 5.41) is -0.327. The van der Waals surface area contributed by atoms with E-state index in [4.69, 9.17) is 11.9 Å². The highest BCUT2D eigenvalue weighted by atomic mass is 35.5. The molecule has 5 heteroatoms. The summed E-state index contributed by atoms with van der Waals surface area (Å²) in [5.41, 5.74) is 2.08. The molecule has 0 saturated heterocycles. The molecule has 1 aliphatic heterocycles. The number of carbonyl (C=O) groups is 1. The summed E-state index contributed by atoms with van der Waals surface area (Å²) in [6, 6.07) is 8.18. The van der Waals surface area contributed by atoms with Crippen molar-refractivity contribution >= 4 is 41.5 Å². The normalized spacial score (nSPS) is 21.8. The Bertz CT molecular complexity index is 566. The highest BCUT2D eigenvalue weighted by molar-refractivity contribution is 8.03. The Hall–Kier alpha value is -0.680. The molecule has 2 aliphatic rings. The van der Waals surface area contributed by atoms with E-state index in [2.05, 4.69) is 15.9 Å². The summed E-state index contributed by atoms with van der Waals surface area (Å²) in [6.45, 7) is 0. The molecule has 2 nitrogen and oxygen atoms in total. The molecule has 1 heterocycles. The number of hydrogen-bond acceptors (Lipinski definition) is 4. The molecule has 0 aromatic heterocycles. The number of ketones is 1. The molecule has 1 aromatic carbocycles. The van der Waals surface area contributed by atoms with E-state index in [0.717, 1.165) is 22.5 Å². The first-order valence-corrected chi connectivity index (χ1v) is 7.38. The molecule has 0 fully saturated rings. The lowest BCUT2D eigenvalue weighted by atomic mass is 9.95. The first kappa shape index (κ1) is 12.4. The maximum atomic E-state index is 12.3. The van der Waals surface area contributed by atoms with Crippen molar-refractivity contribution in [2.45, 2.75) is 16.6 Å². The van der Waals surface area contributed by atoms with Gasteiger partial charge in [0.15, 0.2) is 5.78 Å². The number of benzene rings is 1. The Morgan fingerprint density at radius 3 is 3.06 bits per heavy atom. The van der Waals surface area contributed by atoms with Crippen LogP contribution in [-0.2, 0) is 15.0 Å². The monoisotopic (exact) mass is 296 g/mol. The second kappa shape index (κ2) is 5.13. The molecule has 0 saturated carbocycles. The van der Waals surface area contributed by atoms with Crippen molar-refractivity contribution in [3.63, 3.8) is 0 Å². The second-order valence-corrected chi connectivity index (χ2v) is 6.32. The molecule has 1 aliphatic carbocycles. The predicted octanol–water partition coefficient (Wildman–Crippen LogP) is 3.92. The van der Waals surface area contributed by atoms with Gasteiger partial charge >= 0.3 is 0 Å². The molecule has 0 amide bonds. The van der Waals surface area contributed by atoms with Crippen molar-refractivity contribution in [1.82, 2.24) is 0 Å². The molecular formula is C13H9ClO2S2. The average molecular weight is 297 g/mol. The number of Topliss-reactive ketones (excluding diaryl/α,β-unsaturated/α-hetero) is 1. The zero-order valence-corrected chi connectivity index (χ0v) is 11.6. The zero-order valence-electron chi connectivity index (χ0n) is 9.26. The fraction of sp³-hybridized carbons (Fsp3) is 0.154. The summed E-state index contributed by atoms with van der Waals surface area (Å²) in [5.74, 6) is 0.0974. The summed E-state index contributed by atoms with van der Waals surface area (Å²) in [7, 11) is 0. The number of halogens is 1. The lowest BCUT2D eigenvalue weighted by molar-refractivity contribution is -0.114. The number of allylic oxidation sites excluding steroid dienone is 2. The van der Waals surface area contributed by atoms with Gasteiger partial charge in [-0.15, -0.1) is 0 Å². The summed E-state index contributed by atoms with van der Waals surface area (Å²) < 4.78 is 4.49. The van der Waals surface area contributed by atoms with Crippen LogP contribution in [0, 0.1) is 0 Å². The number of rotatable bonds is 2. The van der Waals surface area contributed by atoms with Gasteiger partial charge in [0.2, 0.25) is 0 Å². The largest absolute Gasteiger partial charge is 0.293 e. The summed E-state index contributed by atoms with van der Waals surface area (Å²) >= 11 is 7.85. The van der Waals surface area contributed by atoms with Crippen molar-refractivity contribution in [3.05, 3.63) is 52.5 Å². The van der Waals surface area contributed by atoms with E-state index < -0.39 is 0 Å². The maximum absolute atomic E-state index is 12.3. The van der Waals surface area contributed by atoms with Gasteiger partial charge in [0.25, 0.3) is 0 Å². The third kappa shape index (κ3) is 2.14. The predicted molar refractivity (Wildman–Crippen MR) is 75.5 cm³/mol. The third-order valence-corrected chi connectivity index (χ3v) is 5.07. The number of carbonyl (C=O) groups excluding carboxylic acids is 1. The fourth-order valence-corrected chi connectivity index (χ4v) is 3.88. The third-order valence-electron chi connectivity index (χ3n) is 2.98. The molecular weight excluding hydrogens is 288 g/mol. The first-order valence-electron chi connectivity index (χ1n) is 5.45. The molecule has 1 atom stereocenters. The van der Waals surface area contributed by atoms with Crippen LogP contribution in [0.1, 0.15) is 5.56 Å². The van der Waals surface area contributed by atoms with Crippen LogP contribution in [0.5, 0.6) is 0 Å². The zero-order chi connectivity index (χ0) is 12.5. The highest BCUT2D eigenvalue weighted by Crippen LogP contribution is 2.42. The summed E-state index contributed by atoms with van der Waals surface area (Å²) in [4.78, 5) is 14.6. The number of thioether (sulfide) groups is 1.